The van der Waals surface area contributed by atoms with Crippen molar-refractivity contribution in [2.45, 2.75) is 70.1 Å². The van der Waals surface area contributed by atoms with Crippen molar-refractivity contribution in [3.63, 3.8) is 0 Å². The molecule has 4 aromatic carbocycles. The lowest BCUT2D eigenvalue weighted by atomic mass is 10.0. The van der Waals surface area contributed by atoms with Crippen molar-refractivity contribution in [2.75, 3.05) is 118 Å². The number of hydrogen-bond donors (Lipinski definition) is 16. The summed E-state index contributed by atoms with van der Waals surface area (Å²) in [7, 11) is 0. The van der Waals surface area contributed by atoms with Crippen molar-refractivity contribution in [3.8, 4) is 23.0 Å². The first-order chi connectivity index (χ1) is 43.4. The van der Waals surface area contributed by atoms with E-state index in [9.17, 15) is 68.7 Å². The molecule has 0 saturated carbocycles. The number of nitrogens with one attached hydrogen (secondary N) is 9. The van der Waals surface area contributed by atoms with E-state index in [1.807, 2.05) is 14.7 Å². The standard InChI is InChI=1S/C62H85N13O15/c63-22-31-73-32-25-66-56(84)43-14-6-16-45(52(43)80)59(87)69-28-35-74(36-29-70-60(88)46-17-7-15-44(53(46)81)57(85)67-26-33-73)38-39-75-34-27-68-58(86)42-13-5-12-41(51(42)79)55(83)65-24-4-2-11-40(10-1-3-23-64-49(76)20-9-21-50(77)78)72-62(90)48-19-8-18-47(54(48)82)61(89)71-30-37-75/h5-8,12-19,40,59,69,79-82,87H,1-4,9-11,20-39,63H2,(H,64,76)(H,65,83)(H,66,84)(H,67,85)(H,68,86)(H,70,88)(H,71,89)(H,72,90)(H,77,78). The lowest BCUT2D eigenvalue weighted by Crippen LogP contribution is -2.45. The molecule has 0 fully saturated rings. The molecule has 488 valence electrons. The van der Waals surface area contributed by atoms with Gasteiger partial charge in [-0.25, -0.2) is 0 Å². The van der Waals surface area contributed by atoms with Gasteiger partial charge in [0, 0.05) is 142 Å². The highest BCUT2D eigenvalue weighted by atomic mass is 16.4. The number of aliphatic hydroxyl groups excluding tert-OH is 1. The Kier molecular flexibility index (Phi) is 28.5. The van der Waals surface area contributed by atoms with Gasteiger partial charge in [-0.1, -0.05) is 30.3 Å². The molecule has 2 atom stereocenters. The number of phenols is 4. The number of nitrogens with zero attached hydrogens (tertiary/aromatic N) is 3. The number of fused-ring (bicyclic) bond motifs is 8. The number of aliphatic carboxylic acids is 1. The Labute approximate surface area is 521 Å². The van der Waals surface area contributed by atoms with Gasteiger partial charge in [0.1, 0.15) is 29.2 Å². The number of hydrogen-bond acceptors (Lipinski definition) is 19. The van der Waals surface area contributed by atoms with Crippen LogP contribution in [0.1, 0.15) is 142 Å². The molecule has 0 aromatic heterocycles. The minimum Gasteiger partial charge on any atom is -0.507 e. The highest BCUT2D eigenvalue weighted by molar-refractivity contribution is 6.06. The zero-order chi connectivity index (χ0) is 65.0. The minimum absolute atomic E-state index is 0.00598. The topological polar surface area (TPSA) is 419 Å². The Morgan fingerprint density at radius 1 is 0.478 bits per heavy atom. The first-order valence-electron chi connectivity index (χ1n) is 30.4. The zero-order valence-corrected chi connectivity index (χ0v) is 50.5. The van der Waals surface area contributed by atoms with Crippen LogP contribution in [0.15, 0.2) is 72.8 Å². The fourth-order valence-corrected chi connectivity index (χ4v) is 10.3. The SMILES string of the molecule is NCCN1CCNC(=O)c2cccc(c2O)C(=O)NCCN(CCN2CCNC(=O)c3cccc(c3O)C(=O)NCCCCC(CCCCNC(=O)CCCC(=O)O)NC(=O)c3cccc(c3O)C(=O)NCC2)CCNC(O)c2cccc(c2O)C(=O)NCC1. The van der Waals surface area contributed by atoms with Crippen LogP contribution in [0.4, 0.5) is 0 Å². The molecule has 6 rings (SSSR count). The van der Waals surface area contributed by atoms with Crippen LogP contribution in [-0.2, 0) is 9.59 Å². The molecule has 2 aliphatic rings. The molecule has 0 aliphatic carbocycles. The monoisotopic (exact) mass is 1250 g/mol. The number of phenolic OH excluding ortho intramolecular Hbond substituents is 4. The second-order valence-electron chi connectivity index (χ2n) is 21.8. The summed E-state index contributed by atoms with van der Waals surface area (Å²) in [5, 5.41) is 90.8. The van der Waals surface area contributed by atoms with Gasteiger partial charge in [0.05, 0.1) is 38.9 Å². The van der Waals surface area contributed by atoms with Crippen LogP contribution in [0.2, 0.25) is 0 Å². The smallest absolute Gasteiger partial charge is 0.303 e. The molecule has 28 nitrogen and oxygen atoms in total. The van der Waals surface area contributed by atoms with E-state index >= 15 is 0 Å². The summed E-state index contributed by atoms with van der Waals surface area (Å²) in [6.07, 6.45) is 1.71. The van der Waals surface area contributed by atoms with Gasteiger partial charge in [0.15, 0.2) is 0 Å². The number of aliphatic hydroxyl groups is 1. The van der Waals surface area contributed by atoms with Gasteiger partial charge in [-0.05, 0) is 87.4 Å². The van der Waals surface area contributed by atoms with Gasteiger partial charge >= 0.3 is 5.97 Å². The Morgan fingerprint density at radius 3 is 1.30 bits per heavy atom. The lowest BCUT2D eigenvalue weighted by molar-refractivity contribution is -0.137. The van der Waals surface area contributed by atoms with E-state index in [0.29, 0.717) is 64.7 Å². The van der Waals surface area contributed by atoms with Crippen LogP contribution in [0.25, 0.3) is 0 Å². The molecule has 2 aliphatic heterocycles. The zero-order valence-electron chi connectivity index (χ0n) is 50.5. The van der Waals surface area contributed by atoms with Crippen molar-refractivity contribution in [2.24, 2.45) is 5.73 Å². The normalized spacial score (nSPS) is 18.6. The first-order valence-corrected chi connectivity index (χ1v) is 30.4. The van der Waals surface area contributed by atoms with Gasteiger partial charge in [-0.15, -0.1) is 0 Å². The summed E-state index contributed by atoms with van der Waals surface area (Å²) >= 11 is 0. The van der Waals surface area contributed by atoms with E-state index in [1.165, 1.54) is 72.8 Å². The van der Waals surface area contributed by atoms with Gasteiger partial charge in [0.25, 0.3) is 41.4 Å². The van der Waals surface area contributed by atoms with Crippen molar-refractivity contribution in [3.05, 3.63) is 117 Å². The second-order valence-corrected chi connectivity index (χ2v) is 21.8. The third-order valence-corrected chi connectivity index (χ3v) is 15.4. The third-order valence-electron chi connectivity index (χ3n) is 15.4. The molecular formula is C62H85N13O15. The number of rotatable bonds is 14. The summed E-state index contributed by atoms with van der Waals surface area (Å²) in [6.45, 7) is 3.45. The van der Waals surface area contributed by atoms with Crippen LogP contribution >= 0.6 is 0 Å². The summed E-state index contributed by atoms with van der Waals surface area (Å²) in [5.74, 6) is -7.82. The number of amides is 8. The molecule has 2 heterocycles. The van der Waals surface area contributed by atoms with Gasteiger partial charge < -0.3 is 78.9 Å². The van der Waals surface area contributed by atoms with Crippen molar-refractivity contribution < 1.29 is 73.8 Å². The molecule has 0 radical (unpaired) electrons. The molecule has 0 spiro atoms. The number of carbonyl (C=O) groups is 9. The van der Waals surface area contributed by atoms with Crippen LogP contribution in [0, 0.1) is 0 Å². The van der Waals surface area contributed by atoms with Gasteiger partial charge in [-0.2, -0.15) is 0 Å². The maximum Gasteiger partial charge on any atom is 0.303 e. The van der Waals surface area contributed by atoms with Gasteiger partial charge in [0.2, 0.25) is 5.91 Å². The van der Waals surface area contributed by atoms with E-state index in [4.69, 9.17) is 10.8 Å². The predicted molar refractivity (Wildman–Crippen MR) is 331 cm³/mol. The summed E-state index contributed by atoms with van der Waals surface area (Å²) < 4.78 is 0. The van der Waals surface area contributed by atoms with Crippen molar-refractivity contribution >= 4 is 53.2 Å². The quantitative estimate of drug-likeness (QED) is 0.0754. The van der Waals surface area contributed by atoms with Crippen LogP contribution in [0.5, 0.6) is 23.0 Å². The number of unbranched alkanes of at least 4 members (excludes halogenated alkanes) is 1. The van der Waals surface area contributed by atoms with Crippen LogP contribution in [-0.4, -0.2) is 222 Å². The number of nitrogens with two attached hydrogens (primary N) is 1. The highest BCUT2D eigenvalue weighted by Gasteiger charge is 2.26. The largest absolute Gasteiger partial charge is 0.507 e. The molecule has 0 saturated heterocycles. The first kappa shape index (κ1) is 70.2. The Morgan fingerprint density at radius 2 is 0.867 bits per heavy atom. The fraction of sp³-hybridized carbons (Fsp3) is 0.468. The average molecular weight is 1250 g/mol. The van der Waals surface area contributed by atoms with E-state index in [0.717, 1.165) is 0 Å². The van der Waals surface area contributed by atoms with E-state index < -0.39 is 82.6 Å². The molecule has 90 heavy (non-hydrogen) atoms. The molecule has 8 bridgehead atoms. The maximum atomic E-state index is 13.9. The summed E-state index contributed by atoms with van der Waals surface area (Å²) in [6, 6.07) is 16.6. The Balaban J connectivity index is 1.20. The number of carboxylic acids is 1. The lowest BCUT2D eigenvalue weighted by Gasteiger charge is -2.28. The number of para-hydroxylation sites is 4. The number of carboxylic acid groups (broad SMARTS) is 1. The fourth-order valence-electron chi connectivity index (χ4n) is 10.3. The van der Waals surface area contributed by atoms with Crippen molar-refractivity contribution in [1.29, 1.82) is 0 Å². The molecule has 17 N–H and O–H groups in total. The number of carbonyl (C=O) groups excluding carboxylic acids is 8. The van der Waals surface area contributed by atoms with Crippen LogP contribution in [0.3, 0.4) is 0 Å². The van der Waals surface area contributed by atoms with E-state index in [1.54, 1.807) is 0 Å². The van der Waals surface area contributed by atoms with Crippen molar-refractivity contribution in [1.82, 2.24) is 62.6 Å². The molecular weight excluding hydrogens is 1170 g/mol. The van der Waals surface area contributed by atoms with Gasteiger partial charge in [-0.3, -0.25) is 63.2 Å². The van der Waals surface area contributed by atoms with E-state index in [2.05, 4.69) is 47.9 Å². The Hall–Kier alpha value is -8.93. The van der Waals surface area contributed by atoms with Crippen LogP contribution < -0.4 is 53.6 Å². The number of aromatic hydroxyl groups is 4. The predicted octanol–water partition coefficient (Wildman–Crippen LogP) is 0.271. The second kappa shape index (κ2) is 36.5. The molecule has 4 aromatic rings. The maximum absolute atomic E-state index is 13.9. The number of benzene rings is 4. The van der Waals surface area contributed by atoms with E-state index in [-0.39, 0.29) is 161 Å². The molecule has 2 unspecified atom stereocenters. The third kappa shape index (κ3) is 21.7. The highest BCUT2D eigenvalue weighted by Crippen LogP contribution is 2.28. The summed E-state index contributed by atoms with van der Waals surface area (Å²) in [4.78, 5) is 124. The molecule has 8 amide bonds. The average Bonchev–Trinajstić information content (AvgIpc) is 1.21. The minimum atomic E-state index is -1.44. The summed E-state index contributed by atoms with van der Waals surface area (Å²) in [5.41, 5.74) is 4.91. The molecule has 28 heteroatoms. The Bertz CT molecular complexity index is 3130.